The molecular weight excluding hydrogens is 251 g/mol. The van der Waals surface area contributed by atoms with Gasteiger partial charge in [-0.15, -0.1) is 11.3 Å². The van der Waals surface area contributed by atoms with Crippen LogP contribution in [-0.2, 0) is 0 Å². The molecule has 0 aliphatic carbocycles. The summed E-state index contributed by atoms with van der Waals surface area (Å²) >= 11 is 13.0. The highest BCUT2D eigenvalue weighted by molar-refractivity contribution is 7.20. The SMILES string of the molecule is OC(c1ccccc1)c1cc(Cl)sc1Cl. The molecule has 2 aromatic rings. The Kier molecular flexibility index (Phi) is 3.32. The topological polar surface area (TPSA) is 20.2 Å². The fourth-order valence-electron chi connectivity index (χ4n) is 1.35. The zero-order chi connectivity index (χ0) is 10.8. The lowest BCUT2D eigenvalue weighted by Crippen LogP contribution is -1.97. The van der Waals surface area contributed by atoms with Crippen molar-refractivity contribution in [1.29, 1.82) is 0 Å². The van der Waals surface area contributed by atoms with Crippen LogP contribution in [-0.4, -0.2) is 5.11 Å². The lowest BCUT2D eigenvalue weighted by molar-refractivity contribution is 0.221. The van der Waals surface area contributed by atoms with E-state index in [2.05, 4.69) is 0 Å². The van der Waals surface area contributed by atoms with E-state index in [0.717, 1.165) is 5.56 Å². The van der Waals surface area contributed by atoms with E-state index in [9.17, 15) is 5.11 Å². The Morgan fingerprint density at radius 3 is 2.33 bits per heavy atom. The molecule has 1 heterocycles. The first-order chi connectivity index (χ1) is 7.18. The molecule has 1 atom stereocenters. The monoisotopic (exact) mass is 258 g/mol. The quantitative estimate of drug-likeness (QED) is 0.859. The van der Waals surface area contributed by atoms with Gasteiger partial charge in [-0.3, -0.25) is 0 Å². The van der Waals surface area contributed by atoms with Gasteiger partial charge in [-0.05, 0) is 11.6 Å². The smallest absolute Gasteiger partial charge is 0.106 e. The third-order valence-electron chi connectivity index (χ3n) is 2.09. The van der Waals surface area contributed by atoms with Gasteiger partial charge < -0.3 is 5.11 Å². The van der Waals surface area contributed by atoms with Crippen LogP contribution in [0, 0.1) is 0 Å². The predicted octanol–water partition coefficient (Wildman–Crippen LogP) is 4.14. The summed E-state index contributed by atoms with van der Waals surface area (Å²) in [7, 11) is 0. The van der Waals surface area contributed by atoms with Crippen molar-refractivity contribution in [3.63, 3.8) is 0 Å². The lowest BCUT2D eigenvalue weighted by atomic mass is 10.0. The van der Waals surface area contributed by atoms with Gasteiger partial charge in [0.25, 0.3) is 0 Å². The first-order valence-corrected chi connectivity index (χ1v) is 5.93. The summed E-state index contributed by atoms with van der Waals surface area (Å²) in [5, 5.41) is 10.0. The number of hydrogen-bond acceptors (Lipinski definition) is 2. The molecule has 0 amide bonds. The molecule has 0 saturated heterocycles. The number of halogens is 2. The summed E-state index contributed by atoms with van der Waals surface area (Å²) in [6.45, 7) is 0. The summed E-state index contributed by atoms with van der Waals surface area (Å²) in [6.07, 6.45) is -0.706. The Hall–Kier alpha value is -0.540. The fraction of sp³-hybridized carbons (Fsp3) is 0.0909. The Balaban J connectivity index is 2.36. The summed E-state index contributed by atoms with van der Waals surface area (Å²) in [6, 6.07) is 11.1. The molecule has 1 nitrogen and oxygen atoms in total. The van der Waals surface area contributed by atoms with Gasteiger partial charge in [0.05, 0.1) is 4.34 Å². The second-order valence-corrected chi connectivity index (χ2v) is 5.38. The maximum Gasteiger partial charge on any atom is 0.106 e. The van der Waals surface area contributed by atoms with Crippen LogP contribution in [0.2, 0.25) is 8.67 Å². The lowest BCUT2D eigenvalue weighted by Gasteiger charge is -2.09. The molecule has 0 radical (unpaired) electrons. The van der Waals surface area contributed by atoms with E-state index in [4.69, 9.17) is 23.2 Å². The Morgan fingerprint density at radius 1 is 1.13 bits per heavy atom. The van der Waals surface area contributed by atoms with Crippen LogP contribution in [0.4, 0.5) is 0 Å². The zero-order valence-electron chi connectivity index (χ0n) is 7.65. The number of aliphatic hydroxyl groups excluding tert-OH is 1. The van der Waals surface area contributed by atoms with Crippen LogP contribution in [0.15, 0.2) is 36.4 Å². The second-order valence-electron chi connectivity index (χ2n) is 3.09. The number of hydrogen-bond donors (Lipinski definition) is 1. The highest BCUT2D eigenvalue weighted by Gasteiger charge is 2.16. The van der Waals surface area contributed by atoms with E-state index in [-0.39, 0.29) is 0 Å². The molecule has 0 spiro atoms. The standard InChI is InChI=1S/C11H8Cl2OS/c12-9-6-8(11(13)15-9)10(14)7-4-2-1-3-5-7/h1-6,10,14H. The van der Waals surface area contributed by atoms with E-state index in [1.807, 2.05) is 30.3 Å². The number of benzene rings is 1. The van der Waals surface area contributed by atoms with Gasteiger partial charge in [-0.25, -0.2) is 0 Å². The molecule has 0 aliphatic rings. The van der Waals surface area contributed by atoms with Gasteiger partial charge in [0.2, 0.25) is 0 Å². The molecule has 15 heavy (non-hydrogen) atoms. The van der Waals surface area contributed by atoms with Crippen molar-refractivity contribution >= 4 is 34.5 Å². The summed E-state index contributed by atoms with van der Waals surface area (Å²) in [4.78, 5) is 0. The Bertz CT molecular complexity index is 453. The number of rotatable bonds is 2. The Morgan fingerprint density at radius 2 is 1.80 bits per heavy atom. The van der Waals surface area contributed by atoms with Gasteiger partial charge in [0.15, 0.2) is 0 Å². The van der Waals surface area contributed by atoms with Crippen LogP contribution in [0.3, 0.4) is 0 Å². The summed E-state index contributed by atoms with van der Waals surface area (Å²) < 4.78 is 1.13. The molecule has 1 aromatic heterocycles. The molecule has 78 valence electrons. The van der Waals surface area contributed by atoms with Crippen molar-refractivity contribution in [2.45, 2.75) is 6.10 Å². The van der Waals surface area contributed by atoms with Crippen molar-refractivity contribution in [1.82, 2.24) is 0 Å². The normalized spacial score (nSPS) is 12.7. The van der Waals surface area contributed by atoms with Crippen molar-refractivity contribution in [2.75, 3.05) is 0 Å². The van der Waals surface area contributed by atoms with Crippen molar-refractivity contribution in [3.8, 4) is 0 Å². The first-order valence-electron chi connectivity index (χ1n) is 4.36. The average molecular weight is 259 g/mol. The molecule has 4 heteroatoms. The molecule has 1 N–H and O–H groups in total. The molecule has 2 rings (SSSR count). The molecule has 1 aromatic carbocycles. The fourth-order valence-corrected chi connectivity index (χ4v) is 2.87. The number of aliphatic hydroxyl groups is 1. The van der Waals surface area contributed by atoms with Crippen molar-refractivity contribution in [2.24, 2.45) is 0 Å². The van der Waals surface area contributed by atoms with Crippen LogP contribution in [0.5, 0.6) is 0 Å². The molecule has 0 saturated carbocycles. The first kappa shape index (κ1) is 11.0. The van der Waals surface area contributed by atoms with Gasteiger partial charge in [0, 0.05) is 5.56 Å². The number of thiophene rings is 1. The third kappa shape index (κ3) is 2.34. The molecule has 0 fully saturated rings. The molecule has 0 bridgehead atoms. The molecule has 1 unspecified atom stereocenters. The average Bonchev–Trinajstić information content (AvgIpc) is 2.58. The highest BCUT2D eigenvalue weighted by Crippen LogP contribution is 2.37. The van der Waals surface area contributed by atoms with Crippen LogP contribution < -0.4 is 0 Å². The van der Waals surface area contributed by atoms with E-state index >= 15 is 0 Å². The van der Waals surface area contributed by atoms with Crippen molar-refractivity contribution in [3.05, 3.63) is 56.2 Å². The second kappa shape index (κ2) is 4.54. The van der Waals surface area contributed by atoms with Gasteiger partial charge in [-0.1, -0.05) is 53.5 Å². The van der Waals surface area contributed by atoms with Crippen LogP contribution in [0.1, 0.15) is 17.2 Å². The maximum absolute atomic E-state index is 10.0. The largest absolute Gasteiger partial charge is 0.384 e. The molecule has 0 aliphatic heterocycles. The van der Waals surface area contributed by atoms with E-state index in [1.54, 1.807) is 6.07 Å². The highest BCUT2D eigenvalue weighted by atomic mass is 35.5. The minimum Gasteiger partial charge on any atom is -0.384 e. The van der Waals surface area contributed by atoms with Crippen molar-refractivity contribution < 1.29 is 5.11 Å². The van der Waals surface area contributed by atoms with E-state index < -0.39 is 6.10 Å². The van der Waals surface area contributed by atoms with Crippen LogP contribution in [0.25, 0.3) is 0 Å². The summed E-state index contributed by atoms with van der Waals surface area (Å²) in [5.74, 6) is 0. The van der Waals surface area contributed by atoms with Gasteiger partial charge in [0.1, 0.15) is 10.4 Å². The minimum atomic E-state index is -0.706. The predicted molar refractivity (Wildman–Crippen MR) is 64.8 cm³/mol. The van der Waals surface area contributed by atoms with Gasteiger partial charge >= 0.3 is 0 Å². The third-order valence-corrected chi connectivity index (χ3v) is 3.61. The summed E-state index contributed by atoms with van der Waals surface area (Å²) in [5.41, 5.74) is 1.48. The van der Waals surface area contributed by atoms with E-state index in [0.29, 0.717) is 14.2 Å². The minimum absolute atomic E-state index is 0.538. The van der Waals surface area contributed by atoms with Crippen LogP contribution >= 0.6 is 34.5 Å². The maximum atomic E-state index is 10.0. The van der Waals surface area contributed by atoms with E-state index in [1.165, 1.54) is 11.3 Å². The zero-order valence-corrected chi connectivity index (χ0v) is 9.98. The Labute approximate surface area is 102 Å². The van der Waals surface area contributed by atoms with Gasteiger partial charge in [-0.2, -0.15) is 0 Å². The molecular formula is C11H8Cl2OS.